The van der Waals surface area contributed by atoms with E-state index in [9.17, 15) is 0 Å². The van der Waals surface area contributed by atoms with Crippen molar-refractivity contribution < 1.29 is 0 Å². The quantitative estimate of drug-likeness (QED) is 0.471. The van der Waals surface area contributed by atoms with Crippen LogP contribution in [0.25, 0.3) is 4.85 Å². The Bertz CT molecular complexity index is 719. The fourth-order valence-corrected chi connectivity index (χ4v) is 2.89. The van der Waals surface area contributed by atoms with Crippen LogP contribution in [0, 0.1) is 6.57 Å². The van der Waals surface area contributed by atoms with E-state index in [0.717, 1.165) is 11.3 Å². The van der Waals surface area contributed by atoms with E-state index in [2.05, 4.69) is 84.5 Å². The zero-order valence-corrected chi connectivity index (χ0v) is 17.1. The van der Waals surface area contributed by atoms with Crippen molar-refractivity contribution in [2.24, 2.45) is 0 Å². The SMILES string of the molecule is CC(C)c1ccccc1C(C)(C)C.[C-]#[N+]c1ccccc1C(C)(C)C. The molecule has 0 aromatic heterocycles. The molecule has 0 unspecified atom stereocenters. The van der Waals surface area contributed by atoms with Gasteiger partial charge in [-0.1, -0.05) is 104 Å². The highest BCUT2D eigenvalue weighted by atomic mass is 14.6. The molecular formula is C24H33N. The molecule has 0 bridgehead atoms. The van der Waals surface area contributed by atoms with E-state index < -0.39 is 0 Å². The molecule has 0 aliphatic heterocycles. The van der Waals surface area contributed by atoms with Crippen LogP contribution in [0.5, 0.6) is 0 Å². The monoisotopic (exact) mass is 335 g/mol. The molecule has 2 aromatic rings. The smallest absolute Gasteiger partial charge is 0.190 e. The average Bonchev–Trinajstić information content (AvgIpc) is 2.53. The molecule has 0 N–H and O–H groups in total. The van der Waals surface area contributed by atoms with E-state index >= 15 is 0 Å². The number of hydrogen-bond donors (Lipinski definition) is 0. The Morgan fingerprint density at radius 2 is 1.16 bits per heavy atom. The van der Waals surface area contributed by atoms with Crippen molar-refractivity contribution in [2.45, 2.75) is 72.1 Å². The highest BCUT2D eigenvalue weighted by molar-refractivity contribution is 5.54. The molecule has 0 fully saturated rings. The standard InChI is InChI=1S/C13H20.C11H13N/c1-10(2)11-8-6-7-9-12(11)13(3,4)5;1-11(2,3)9-7-5-6-8-10(9)12-4/h6-10H,1-5H3;5-8H,1-3H3. The van der Waals surface area contributed by atoms with Crippen molar-refractivity contribution in [1.82, 2.24) is 0 Å². The van der Waals surface area contributed by atoms with Crippen molar-refractivity contribution in [1.29, 1.82) is 0 Å². The minimum absolute atomic E-state index is 0.0706. The van der Waals surface area contributed by atoms with Gasteiger partial charge in [0.15, 0.2) is 5.69 Å². The first-order valence-electron chi connectivity index (χ1n) is 9.05. The van der Waals surface area contributed by atoms with Crippen molar-refractivity contribution in [3.63, 3.8) is 0 Å². The number of rotatable bonds is 1. The van der Waals surface area contributed by atoms with Crippen LogP contribution < -0.4 is 0 Å². The summed E-state index contributed by atoms with van der Waals surface area (Å²) in [6, 6.07) is 16.5. The van der Waals surface area contributed by atoms with E-state index in [0.29, 0.717) is 5.92 Å². The van der Waals surface area contributed by atoms with Gasteiger partial charge in [-0.15, -0.1) is 0 Å². The molecule has 0 saturated heterocycles. The van der Waals surface area contributed by atoms with Crippen LogP contribution in [0.15, 0.2) is 48.5 Å². The van der Waals surface area contributed by atoms with E-state index in [1.54, 1.807) is 0 Å². The van der Waals surface area contributed by atoms with Crippen LogP contribution in [0.1, 0.15) is 78.0 Å². The highest BCUT2D eigenvalue weighted by Gasteiger charge is 2.18. The molecule has 0 atom stereocenters. The summed E-state index contributed by atoms with van der Waals surface area (Å²) in [7, 11) is 0. The minimum Gasteiger partial charge on any atom is -0.238 e. The first-order valence-corrected chi connectivity index (χ1v) is 9.05. The Hall–Kier alpha value is -2.07. The summed E-state index contributed by atoms with van der Waals surface area (Å²) in [5.41, 5.74) is 5.19. The van der Waals surface area contributed by atoms with E-state index in [1.165, 1.54) is 11.1 Å². The summed E-state index contributed by atoms with van der Waals surface area (Å²) in [6.07, 6.45) is 0. The molecule has 0 heterocycles. The van der Waals surface area contributed by atoms with E-state index in [-0.39, 0.29) is 10.8 Å². The maximum absolute atomic E-state index is 6.99. The maximum Gasteiger partial charge on any atom is 0.190 e. The normalized spacial score (nSPS) is 11.5. The third-order valence-electron chi connectivity index (χ3n) is 4.22. The Kier molecular flexibility index (Phi) is 7.00. The predicted octanol–water partition coefficient (Wildman–Crippen LogP) is 7.64. The van der Waals surface area contributed by atoms with E-state index in [4.69, 9.17) is 6.57 Å². The maximum atomic E-state index is 6.99. The molecular weight excluding hydrogens is 302 g/mol. The average molecular weight is 336 g/mol. The summed E-state index contributed by atoms with van der Waals surface area (Å²) in [6.45, 7) is 24.7. The van der Waals surface area contributed by atoms with Crippen molar-refractivity contribution >= 4 is 5.69 Å². The fraction of sp³-hybridized carbons (Fsp3) is 0.458. The lowest BCUT2D eigenvalue weighted by molar-refractivity contribution is 0.577. The fourth-order valence-electron chi connectivity index (χ4n) is 2.89. The van der Waals surface area contributed by atoms with Gasteiger partial charge in [0.25, 0.3) is 0 Å². The summed E-state index contributed by atoms with van der Waals surface area (Å²) in [4.78, 5) is 3.49. The summed E-state index contributed by atoms with van der Waals surface area (Å²) < 4.78 is 0. The molecule has 0 radical (unpaired) electrons. The molecule has 0 aliphatic rings. The van der Waals surface area contributed by atoms with Crippen molar-refractivity contribution in [3.8, 4) is 0 Å². The highest BCUT2D eigenvalue weighted by Crippen LogP contribution is 2.31. The summed E-state index contributed by atoms with van der Waals surface area (Å²) >= 11 is 0. The van der Waals surface area contributed by atoms with Gasteiger partial charge < -0.3 is 0 Å². The van der Waals surface area contributed by atoms with Crippen LogP contribution in [-0.4, -0.2) is 0 Å². The van der Waals surface area contributed by atoms with Gasteiger partial charge in [0, 0.05) is 0 Å². The van der Waals surface area contributed by atoms with Gasteiger partial charge in [-0.3, -0.25) is 0 Å². The second kappa shape index (κ2) is 8.34. The lowest BCUT2D eigenvalue weighted by Crippen LogP contribution is -2.14. The van der Waals surface area contributed by atoms with Gasteiger partial charge in [0.1, 0.15) is 0 Å². The first-order chi connectivity index (χ1) is 11.5. The molecule has 0 saturated carbocycles. The minimum atomic E-state index is 0.0706. The number of para-hydroxylation sites is 1. The van der Waals surface area contributed by atoms with Gasteiger partial charge in [0.05, 0.1) is 6.57 Å². The number of benzene rings is 2. The molecule has 0 amide bonds. The summed E-state index contributed by atoms with van der Waals surface area (Å²) in [5, 5.41) is 0. The summed E-state index contributed by atoms with van der Waals surface area (Å²) in [5.74, 6) is 0.621. The van der Waals surface area contributed by atoms with Crippen LogP contribution in [-0.2, 0) is 10.8 Å². The number of nitrogens with zero attached hydrogens (tertiary/aromatic N) is 1. The molecule has 1 heteroatoms. The van der Waals surface area contributed by atoms with Gasteiger partial charge in [-0.25, -0.2) is 4.85 Å². The zero-order valence-electron chi connectivity index (χ0n) is 17.1. The molecule has 134 valence electrons. The molecule has 2 rings (SSSR count). The number of hydrogen-bond acceptors (Lipinski definition) is 0. The molecule has 25 heavy (non-hydrogen) atoms. The topological polar surface area (TPSA) is 4.36 Å². The predicted molar refractivity (Wildman–Crippen MR) is 111 cm³/mol. The van der Waals surface area contributed by atoms with Crippen molar-refractivity contribution in [3.05, 3.63) is 76.6 Å². The lowest BCUT2D eigenvalue weighted by atomic mass is 9.81. The Balaban J connectivity index is 0.000000251. The van der Waals surface area contributed by atoms with Crippen LogP contribution in [0.2, 0.25) is 0 Å². The zero-order chi connectivity index (χ0) is 19.3. The largest absolute Gasteiger partial charge is 0.238 e. The second-order valence-corrected chi connectivity index (χ2v) is 8.87. The molecule has 0 spiro atoms. The third kappa shape index (κ3) is 6.05. The van der Waals surface area contributed by atoms with Crippen LogP contribution in [0.4, 0.5) is 5.69 Å². The van der Waals surface area contributed by atoms with Crippen LogP contribution >= 0.6 is 0 Å². The van der Waals surface area contributed by atoms with Gasteiger partial charge in [0.2, 0.25) is 0 Å². The third-order valence-corrected chi connectivity index (χ3v) is 4.22. The Morgan fingerprint density at radius 1 is 0.720 bits per heavy atom. The Morgan fingerprint density at radius 3 is 1.52 bits per heavy atom. The second-order valence-electron chi connectivity index (χ2n) is 8.87. The van der Waals surface area contributed by atoms with Crippen LogP contribution in [0.3, 0.4) is 0 Å². The molecule has 1 nitrogen and oxygen atoms in total. The lowest BCUT2D eigenvalue weighted by Gasteiger charge is -2.24. The van der Waals surface area contributed by atoms with Crippen molar-refractivity contribution in [2.75, 3.05) is 0 Å². The first kappa shape index (κ1) is 21.0. The Labute approximate surface area is 154 Å². The van der Waals surface area contributed by atoms with Gasteiger partial charge >= 0.3 is 0 Å². The molecule has 0 aliphatic carbocycles. The van der Waals surface area contributed by atoms with E-state index in [1.807, 2.05) is 24.3 Å². The van der Waals surface area contributed by atoms with Gasteiger partial charge in [-0.05, 0) is 33.4 Å². The molecule has 2 aromatic carbocycles. The van der Waals surface area contributed by atoms with Gasteiger partial charge in [-0.2, -0.15) is 0 Å².